The maximum atomic E-state index is 13.2. The van der Waals surface area contributed by atoms with Crippen LogP contribution in [0, 0.1) is 0 Å². The van der Waals surface area contributed by atoms with Crippen LogP contribution in [0.3, 0.4) is 0 Å². The Morgan fingerprint density at radius 1 is 1.10 bits per heavy atom. The molecule has 1 aromatic heterocycles. The van der Waals surface area contributed by atoms with Crippen LogP contribution in [0.5, 0.6) is 0 Å². The van der Waals surface area contributed by atoms with Gasteiger partial charge in [-0.15, -0.1) is 10.2 Å². The van der Waals surface area contributed by atoms with Crippen molar-refractivity contribution in [2.45, 2.75) is 37.8 Å². The normalized spacial score (nSPS) is 12.7. The second-order valence-electron chi connectivity index (χ2n) is 5.62. The van der Waals surface area contributed by atoms with E-state index in [0.717, 1.165) is 6.07 Å². The van der Waals surface area contributed by atoms with E-state index in [9.17, 15) is 13.2 Å². The Balaban J connectivity index is 2.73. The van der Waals surface area contributed by atoms with Crippen molar-refractivity contribution in [2.24, 2.45) is 0 Å². The Kier molecular flexibility index (Phi) is 4.15. The zero-order valence-electron chi connectivity index (χ0n) is 11.9. The first-order valence-corrected chi connectivity index (χ1v) is 7.45. The third-order valence-electron chi connectivity index (χ3n) is 2.99. The smallest absolute Gasteiger partial charge is 0.305 e. The molecule has 0 radical (unpaired) electrons. The molecular formula is C14H15BrF3N3. The molecule has 0 amide bonds. The lowest BCUT2D eigenvalue weighted by molar-refractivity contribution is -0.137. The second-order valence-corrected chi connectivity index (χ2v) is 6.18. The molecule has 0 fully saturated rings. The highest BCUT2D eigenvalue weighted by Crippen LogP contribution is 2.37. The Morgan fingerprint density at radius 3 is 2.24 bits per heavy atom. The molecule has 0 aliphatic carbocycles. The highest BCUT2D eigenvalue weighted by atomic mass is 79.9. The van der Waals surface area contributed by atoms with Gasteiger partial charge in [-0.2, -0.15) is 13.2 Å². The maximum Gasteiger partial charge on any atom is 0.417 e. The van der Waals surface area contributed by atoms with Crippen molar-refractivity contribution in [2.75, 3.05) is 0 Å². The van der Waals surface area contributed by atoms with Crippen LogP contribution < -0.4 is 0 Å². The second kappa shape index (κ2) is 5.44. The molecule has 0 unspecified atom stereocenters. The maximum absolute atomic E-state index is 13.2. The van der Waals surface area contributed by atoms with Gasteiger partial charge in [0, 0.05) is 11.1 Å². The highest BCUT2D eigenvalue weighted by Gasteiger charge is 2.35. The summed E-state index contributed by atoms with van der Waals surface area (Å²) >= 11 is 3.30. The van der Waals surface area contributed by atoms with Crippen LogP contribution in [0.2, 0.25) is 0 Å². The molecule has 3 nitrogen and oxygen atoms in total. The summed E-state index contributed by atoms with van der Waals surface area (Å²) in [5, 5.41) is 8.40. The third kappa shape index (κ3) is 3.12. The summed E-state index contributed by atoms with van der Waals surface area (Å²) in [4.78, 5) is 0. The number of nitrogens with zero attached hydrogens (tertiary/aromatic N) is 3. The molecule has 0 saturated carbocycles. The molecule has 0 aliphatic heterocycles. The van der Waals surface area contributed by atoms with Crippen LogP contribution in [0.25, 0.3) is 11.4 Å². The number of alkyl halides is 4. The highest BCUT2D eigenvalue weighted by molar-refractivity contribution is 9.08. The van der Waals surface area contributed by atoms with Crippen molar-refractivity contribution in [3.05, 3.63) is 35.7 Å². The van der Waals surface area contributed by atoms with Crippen molar-refractivity contribution in [1.29, 1.82) is 0 Å². The predicted octanol–water partition coefficient (Wildman–Crippen LogP) is 4.61. The fourth-order valence-electron chi connectivity index (χ4n) is 2.21. The number of hydrogen-bond acceptors (Lipinski definition) is 2. The van der Waals surface area contributed by atoms with Gasteiger partial charge in [-0.25, -0.2) is 0 Å². The predicted molar refractivity (Wildman–Crippen MR) is 78.1 cm³/mol. The zero-order valence-corrected chi connectivity index (χ0v) is 13.5. The summed E-state index contributed by atoms with van der Waals surface area (Å²) < 4.78 is 41.3. The van der Waals surface area contributed by atoms with Crippen molar-refractivity contribution in [1.82, 2.24) is 14.8 Å². The van der Waals surface area contributed by atoms with E-state index in [1.54, 1.807) is 10.6 Å². The lowest BCUT2D eigenvalue weighted by Gasteiger charge is -2.25. The summed E-state index contributed by atoms with van der Waals surface area (Å²) in [6.07, 6.45) is -4.43. The largest absolute Gasteiger partial charge is 0.417 e. The summed E-state index contributed by atoms with van der Waals surface area (Å²) in [6.45, 7) is 5.71. The van der Waals surface area contributed by atoms with Gasteiger partial charge in [0.15, 0.2) is 5.82 Å². The first kappa shape index (κ1) is 16.0. The van der Waals surface area contributed by atoms with Gasteiger partial charge in [0.1, 0.15) is 5.82 Å². The minimum atomic E-state index is -4.43. The van der Waals surface area contributed by atoms with Crippen molar-refractivity contribution >= 4 is 15.9 Å². The zero-order chi connectivity index (χ0) is 15.8. The Hall–Kier alpha value is -1.37. The Labute approximate surface area is 129 Å². The molecule has 0 bridgehead atoms. The lowest BCUT2D eigenvalue weighted by Crippen LogP contribution is -2.25. The van der Waals surface area contributed by atoms with E-state index in [-0.39, 0.29) is 11.4 Å². The van der Waals surface area contributed by atoms with Crippen LogP contribution in [-0.2, 0) is 17.0 Å². The van der Waals surface area contributed by atoms with Crippen LogP contribution in [0.1, 0.15) is 32.2 Å². The molecule has 0 atom stereocenters. The van der Waals surface area contributed by atoms with E-state index in [4.69, 9.17) is 0 Å². The van der Waals surface area contributed by atoms with Crippen molar-refractivity contribution < 1.29 is 13.2 Å². The summed E-state index contributed by atoms with van der Waals surface area (Å²) in [6, 6.07) is 5.42. The van der Waals surface area contributed by atoms with E-state index in [2.05, 4.69) is 26.1 Å². The van der Waals surface area contributed by atoms with Gasteiger partial charge in [-0.05, 0) is 26.8 Å². The molecular weight excluding hydrogens is 347 g/mol. The van der Waals surface area contributed by atoms with Crippen molar-refractivity contribution in [3.8, 4) is 11.4 Å². The Bertz CT molecular complexity index is 642. The molecule has 0 saturated heterocycles. The number of aromatic nitrogens is 3. The van der Waals surface area contributed by atoms with Crippen LogP contribution in [-0.4, -0.2) is 14.8 Å². The molecule has 1 aromatic carbocycles. The van der Waals surface area contributed by atoms with Gasteiger partial charge < -0.3 is 4.57 Å². The van der Waals surface area contributed by atoms with Crippen LogP contribution >= 0.6 is 15.9 Å². The molecule has 0 spiro atoms. The standard InChI is InChI=1S/C14H15BrF3N3/c1-13(2,3)21-11(8-15)19-20-12(21)9-6-4-5-7-10(9)14(16,17)18/h4-7H,8H2,1-3H3. The topological polar surface area (TPSA) is 30.7 Å². The lowest BCUT2D eigenvalue weighted by atomic mass is 10.0. The molecule has 114 valence electrons. The van der Waals surface area contributed by atoms with Gasteiger partial charge in [0.25, 0.3) is 0 Å². The average Bonchev–Trinajstić information content (AvgIpc) is 2.81. The average molecular weight is 362 g/mol. The molecule has 2 aromatic rings. The molecule has 7 heteroatoms. The van der Waals surface area contributed by atoms with E-state index >= 15 is 0 Å². The van der Waals surface area contributed by atoms with E-state index in [1.165, 1.54) is 12.1 Å². The molecule has 1 heterocycles. The van der Waals surface area contributed by atoms with Crippen LogP contribution in [0.15, 0.2) is 24.3 Å². The number of benzene rings is 1. The quantitative estimate of drug-likeness (QED) is 0.731. The third-order valence-corrected chi connectivity index (χ3v) is 3.50. The molecule has 2 rings (SSSR count). The van der Waals surface area contributed by atoms with Gasteiger partial charge in [-0.3, -0.25) is 0 Å². The molecule has 0 aliphatic rings. The number of rotatable bonds is 2. The monoisotopic (exact) mass is 361 g/mol. The first-order chi connectivity index (χ1) is 9.66. The fourth-order valence-corrected chi connectivity index (χ4v) is 2.57. The Morgan fingerprint density at radius 2 is 1.71 bits per heavy atom. The fraction of sp³-hybridized carbons (Fsp3) is 0.429. The SMILES string of the molecule is CC(C)(C)n1c(CBr)nnc1-c1ccccc1C(F)(F)F. The van der Waals surface area contributed by atoms with Gasteiger partial charge >= 0.3 is 6.18 Å². The van der Waals surface area contributed by atoms with E-state index in [1.807, 2.05) is 20.8 Å². The first-order valence-electron chi connectivity index (χ1n) is 6.33. The minimum absolute atomic E-state index is 0.0413. The van der Waals surface area contributed by atoms with Gasteiger partial charge in [0.05, 0.1) is 10.9 Å². The van der Waals surface area contributed by atoms with Crippen LogP contribution in [0.4, 0.5) is 13.2 Å². The minimum Gasteiger partial charge on any atom is -0.305 e. The van der Waals surface area contributed by atoms with Crippen molar-refractivity contribution in [3.63, 3.8) is 0 Å². The van der Waals surface area contributed by atoms with E-state index < -0.39 is 17.3 Å². The van der Waals surface area contributed by atoms with Gasteiger partial charge in [-0.1, -0.05) is 34.1 Å². The summed E-state index contributed by atoms with van der Waals surface area (Å²) in [7, 11) is 0. The van der Waals surface area contributed by atoms with Gasteiger partial charge in [0.2, 0.25) is 0 Å². The number of hydrogen-bond donors (Lipinski definition) is 0. The number of halogens is 4. The summed E-state index contributed by atoms with van der Waals surface area (Å²) in [5.74, 6) is 0.819. The molecule has 21 heavy (non-hydrogen) atoms. The van der Waals surface area contributed by atoms with E-state index in [0.29, 0.717) is 11.2 Å². The molecule has 0 N–H and O–H groups in total. The summed E-state index contributed by atoms with van der Waals surface area (Å²) in [5.41, 5.74) is -1.09.